The number of carboxylic acid groups (broad SMARTS) is 1. The lowest BCUT2D eigenvalue weighted by molar-refractivity contribution is -0.140. The van der Waals surface area contributed by atoms with Gasteiger partial charge in [-0.2, -0.15) is 5.26 Å². The van der Waals surface area contributed by atoms with Crippen LogP contribution in [0.15, 0.2) is 29.2 Å². The van der Waals surface area contributed by atoms with Crippen LogP contribution in [0.3, 0.4) is 0 Å². The van der Waals surface area contributed by atoms with E-state index in [-0.39, 0.29) is 10.2 Å². The number of hydrogen-bond acceptors (Lipinski definition) is 6. The van der Waals surface area contributed by atoms with Crippen LogP contribution in [0.1, 0.15) is 12.0 Å². The van der Waals surface area contributed by atoms with Gasteiger partial charge < -0.3 is 10.0 Å². The second-order valence-electron chi connectivity index (χ2n) is 5.08. The molecule has 0 saturated carbocycles. The Morgan fingerprint density at radius 3 is 2.71 bits per heavy atom. The summed E-state index contributed by atoms with van der Waals surface area (Å²) in [7, 11) is 1.91. The molecule has 8 heteroatoms. The Bertz CT molecular complexity index is 738. The molecule has 0 spiro atoms. The van der Waals surface area contributed by atoms with E-state index < -0.39 is 12.5 Å². The van der Waals surface area contributed by atoms with Crippen molar-refractivity contribution in [2.75, 3.05) is 25.0 Å². The molecule has 24 heavy (non-hydrogen) atoms. The minimum absolute atomic E-state index is 0.251. The molecule has 0 aromatic heterocycles. The SMILES string of the molecule is CN(CCC#N)c1ccc(/C=C2/SC(=S)N(CC(=O)O)C2=O)cc1. The van der Waals surface area contributed by atoms with Gasteiger partial charge in [0.1, 0.15) is 10.9 Å². The van der Waals surface area contributed by atoms with E-state index in [1.807, 2.05) is 36.2 Å². The van der Waals surface area contributed by atoms with Crippen LogP contribution in [0.25, 0.3) is 6.08 Å². The Morgan fingerprint density at radius 2 is 2.12 bits per heavy atom. The average Bonchev–Trinajstić information content (AvgIpc) is 2.80. The molecular weight excluding hydrogens is 346 g/mol. The molecule has 1 aliphatic rings. The zero-order chi connectivity index (χ0) is 17.7. The highest BCUT2D eigenvalue weighted by atomic mass is 32.2. The molecule has 1 amide bonds. The summed E-state index contributed by atoms with van der Waals surface area (Å²) < 4.78 is 0.251. The third kappa shape index (κ3) is 4.34. The summed E-state index contributed by atoms with van der Waals surface area (Å²) in [5.74, 6) is -1.49. The van der Waals surface area contributed by atoms with E-state index in [4.69, 9.17) is 22.6 Å². The zero-order valence-electron chi connectivity index (χ0n) is 12.9. The van der Waals surface area contributed by atoms with Crippen molar-refractivity contribution in [1.29, 1.82) is 5.26 Å². The van der Waals surface area contributed by atoms with Crippen molar-refractivity contribution in [3.05, 3.63) is 34.7 Å². The second-order valence-corrected chi connectivity index (χ2v) is 6.76. The monoisotopic (exact) mass is 361 g/mol. The van der Waals surface area contributed by atoms with Crippen LogP contribution in [0.4, 0.5) is 5.69 Å². The zero-order valence-corrected chi connectivity index (χ0v) is 14.6. The van der Waals surface area contributed by atoms with Crippen molar-refractivity contribution in [3.8, 4) is 6.07 Å². The molecule has 1 aromatic rings. The number of amides is 1. The summed E-state index contributed by atoms with van der Waals surface area (Å²) in [5, 5.41) is 17.4. The van der Waals surface area contributed by atoms with Crippen LogP contribution in [0.2, 0.25) is 0 Å². The first-order chi connectivity index (χ1) is 11.4. The first-order valence-electron chi connectivity index (χ1n) is 7.07. The lowest BCUT2D eigenvalue weighted by atomic mass is 10.1. The molecule has 0 radical (unpaired) electrons. The number of thiocarbonyl (C=S) groups is 1. The Labute approximate surface area is 149 Å². The molecular formula is C16H15N3O3S2. The molecule has 0 unspecified atom stereocenters. The number of carboxylic acids is 1. The standard InChI is InChI=1S/C16H15N3O3S2/c1-18(8-2-7-17)12-5-3-11(4-6-12)9-13-15(22)19(10-14(20)21)16(23)24-13/h3-6,9H,2,8,10H2,1H3,(H,20,21)/b13-9+. The van der Waals surface area contributed by atoms with E-state index in [1.165, 1.54) is 0 Å². The minimum Gasteiger partial charge on any atom is -0.480 e. The van der Waals surface area contributed by atoms with Crippen molar-refractivity contribution >= 4 is 51.9 Å². The number of aliphatic carboxylic acids is 1. The Kier molecular flexibility index (Phi) is 5.95. The topological polar surface area (TPSA) is 84.6 Å². The maximum atomic E-state index is 12.2. The first-order valence-corrected chi connectivity index (χ1v) is 8.30. The van der Waals surface area contributed by atoms with Crippen LogP contribution in [0.5, 0.6) is 0 Å². The molecule has 6 nitrogen and oxygen atoms in total. The smallest absolute Gasteiger partial charge is 0.323 e. The van der Waals surface area contributed by atoms with Crippen LogP contribution in [-0.2, 0) is 9.59 Å². The maximum absolute atomic E-state index is 12.2. The van der Waals surface area contributed by atoms with Crippen LogP contribution in [-0.4, -0.2) is 46.3 Å². The molecule has 0 bridgehead atoms. The van der Waals surface area contributed by atoms with Crippen molar-refractivity contribution in [2.24, 2.45) is 0 Å². The third-order valence-corrected chi connectivity index (χ3v) is 4.74. The van der Waals surface area contributed by atoms with E-state index in [9.17, 15) is 9.59 Å². The maximum Gasteiger partial charge on any atom is 0.323 e. The molecule has 2 rings (SSSR count). The highest BCUT2D eigenvalue weighted by Crippen LogP contribution is 2.32. The molecule has 1 fully saturated rings. The largest absolute Gasteiger partial charge is 0.480 e. The van der Waals surface area contributed by atoms with Crippen LogP contribution in [0, 0.1) is 11.3 Å². The number of thioether (sulfide) groups is 1. The van der Waals surface area contributed by atoms with Gasteiger partial charge in [-0.3, -0.25) is 14.5 Å². The number of carbonyl (C=O) groups excluding carboxylic acids is 1. The number of hydrogen-bond donors (Lipinski definition) is 1. The van der Waals surface area contributed by atoms with Crippen LogP contribution >= 0.6 is 24.0 Å². The van der Waals surface area contributed by atoms with Crippen molar-refractivity contribution in [1.82, 2.24) is 4.90 Å². The van der Waals surface area contributed by atoms with E-state index in [1.54, 1.807) is 6.08 Å². The molecule has 1 aliphatic heterocycles. The fourth-order valence-corrected chi connectivity index (χ4v) is 3.35. The van der Waals surface area contributed by atoms with Crippen molar-refractivity contribution < 1.29 is 14.7 Å². The summed E-state index contributed by atoms with van der Waals surface area (Å²) in [4.78, 5) is 26.4. The second kappa shape index (κ2) is 7.95. The van der Waals surface area contributed by atoms with Gasteiger partial charge >= 0.3 is 5.97 Å². The van der Waals surface area contributed by atoms with E-state index in [2.05, 4.69) is 6.07 Å². The van der Waals surface area contributed by atoms with Crippen molar-refractivity contribution in [3.63, 3.8) is 0 Å². The summed E-state index contributed by atoms with van der Waals surface area (Å²) >= 11 is 6.15. The molecule has 1 saturated heterocycles. The van der Waals surface area contributed by atoms with Crippen LogP contribution < -0.4 is 4.90 Å². The van der Waals surface area contributed by atoms with E-state index in [0.29, 0.717) is 17.9 Å². The molecule has 1 aromatic carbocycles. The quantitative estimate of drug-likeness (QED) is 0.615. The summed E-state index contributed by atoms with van der Waals surface area (Å²) in [6.07, 6.45) is 2.14. The van der Waals surface area contributed by atoms with Gasteiger partial charge in [0.15, 0.2) is 0 Å². The average molecular weight is 361 g/mol. The number of rotatable bonds is 6. The molecule has 1 heterocycles. The molecule has 124 valence electrons. The first kappa shape index (κ1) is 18.0. The predicted octanol–water partition coefficient (Wildman–Crippen LogP) is 2.32. The van der Waals surface area contributed by atoms with E-state index >= 15 is 0 Å². The highest BCUT2D eigenvalue weighted by molar-refractivity contribution is 8.26. The lowest BCUT2D eigenvalue weighted by Crippen LogP contribution is -2.33. The number of benzene rings is 1. The Morgan fingerprint density at radius 1 is 1.46 bits per heavy atom. The fourth-order valence-electron chi connectivity index (χ4n) is 2.09. The van der Waals surface area contributed by atoms with Gasteiger partial charge in [0.05, 0.1) is 17.4 Å². The number of anilines is 1. The normalized spacial score (nSPS) is 15.7. The highest BCUT2D eigenvalue weighted by Gasteiger charge is 2.33. The molecule has 0 atom stereocenters. The van der Waals surface area contributed by atoms with Gasteiger partial charge in [0, 0.05) is 19.3 Å². The Hall–Kier alpha value is -2.37. The van der Waals surface area contributed by atoms with Gasteiger partial charge in [-0.1, -0.05) is 36.1 Å². The van der Waals surface area contributed by atoms with Gasteiger partial charge in [0.2, 0.25) is 0 Å². The Balaban J connectivity index is 2.12. The predicted molar refractivity (Wildman–Crippen MR) is 97.5 cm³/mol. The number of nitrogens with zero attached hydrogens (tertiary/aromatic N) is 3. The number of carbonyl (C=O) groups is 2. The van der Waals surface area contributed by atoms with Crippen molar-refractivity contribution in [2.45, 2.75) is 6.42 Å². The fraction of sp³-hybridized carbons (Fsp3) is 0.250. The summed E-state index contributed by atoms with van der Waals surface area (Å²) in [5.41, 5.74) is 1.80. The minimum atomic E-state index is -1.10. The molecule has 0 aliphatic carbocycles. The van der Waals surface area contributed by atoms with Gasteiger partial charge in [-0.15, -0.1) is 0 Å². The van der Waals surface area contributed by atoms with Gasteiger partial charge in [0.25, 0.3) is 5.91 Å². The van der Waals surface area contributed by atoms with Gasteiger partial charge in [-0.05, 0) is 23.8 Å². The lowest BCUT2D eigenvalue weighted by Gasteiger charge is -2.17. The van der Waals surface area contributed by atoms with E-state index in [0.717, 1.165) is 27.9 Å². The molecule has 1 N–H and O–H groups in total. The number of nitriles is 1. The summed E-state index contributed by atoms with van der Waals surface area (Å²) in [6.45, 7) is 0.217. The van der Waals surface area contributed by atoms with Gasteiger partial charge in [-0.25, -0.2) is 0 Å². The third-order valence-electron chi connectivity index (χ3n) is 3.36. The summed E-state index contributed by atoms with van der Waals surface area (Å²) in [6, 6.07) is 9.64.